The van der Waals surface area contributed by atoms with Crippen molar-refractivity contribution in [2.24, 2.45) is 10.7 Å². The van der Waals surface area contributed by atoms with Gasteiger partial charge in [-0.3, -0.25) is 4.68 Å². The molecule has 2 aromatic heterocycles. The Balaban J connectivity index is 2.00. The predicted molar refractivity (Wildman–Crippen MR) is 92.4 cm³/mol. The van der Waals surface area contributed by atoms with Gasteiger partial charge in [0.15, 0.2) is 5.84 Å². The maximum atomic E-state index is 14.0. The summed E-state index contributed by atoms with van der Waals surface area (Å²) >= 11 is 0. The number of aliphatic imine (C=N–C) groups is 1. The molecule has 26 heavy (non-hydrogen) atoms. The lowest BCUT2D eigenvalue weighted by atomic mass is 10.2. The van der Waals surface area contributed by atoms with Crippen LogP contribution in [-0.4, -0.2) is 27.3 Å². The highest BCUT2D eigenvalue weighted by atomic mass is 19.1. The van der Waals surface area contributed by atoms with Crippen LogP contribution in [-0.2, 0) is 6.54 Å². The lowest BCUT2D eigenvalue weighted by molar-refractivity contribution is 0.298. The average molecular weight is 358 g/mol. The lowest BCUT2D eigenvalue weighted by Gasteiger charge is -2.07. The number of halogens is 2. The zero-order chi connectivity index (χ0) is 18.5. The van der Waals surface area contributed by atoms with E-state index in [0.717, 1.165) is 11.8 Å². The second kappa shape index (κ2) is 7.75. The molecule has 3 aromatic rings. The Labute approximate surface area is 147 Å². The molecule has 3 N–H and O–H groups in total. The molecule has 0 bridgehead atoms. The van der Waals surface area contributed by atoms with E-state index < -0.39 is 12.4 Å². The van der Waals surface area contributed by atoms with Crippen molar-refractivity contribution in [3.63, 3.8) is 0 Å². The number of furan rings is 1. The second-order valence-corrected chi connectivity index (χ2v) is 5.42. The lowest BCUT2D eigenvalue weighted by Crippen LogP contribution is -2.14. The molecule has 0 aliphatic carbocycles. The monoisotopic (exact) mass is 358 g/mol. The molecule has 0 radical (unpaired) electrons. The third-order valence-corrected chi connectivity index (χ3v) is 3.63. The Morgan fingerprint density at radius 3 is 2.85 bits per heavy atom. The van der Waals surface area contributed by atoms with Gasteiger partial charge in [0.2, 0.25) is 0 Å². The molecule has 0 atom stereocenters. The number of rotatable bonds is 6. The zero-order valence-corrected chi connectivity index (χ0v) is 13.6. The van der Waals surface area contributed by atoms with E-state index in [9.17, 15) is 8.78 Å². The van der Waals surface area contributed by atoms with Crippen molar-refractivity contribution >= 4 is 5.84 Å². The summed E-state index contributed by atoms with van der Waals surface area (Å²) in [6.45, 7) is -0.597. The van der Waals surface area contributed by atoms with Gasteiger partial charge in [0.25, 0.3) is 0 Å². The predicted octanol–water partition coefficient (Wildman–Crippen LogP) is 2.84. The maximum absolute atomic E-state index is 14.0. The van der Waals surface area contributed by atoms with E-state index in [4.69, 9.17) is 15.3 Å². The van der Waals surface area contributed by atoms with E-state index in [-0.39, 0.29) is 18.2 Å². The van der Waals surface area contributed by atoms with Gasteiger partial charge in [-0.2, -0.15) is 5.10 Å². The Hall–Kier alpha value is -3.26. The first-order valence-corrected chi connectivity index (χ1v) is 7.71. The maximum Gasteiger partial charge on any atom is 0.151 e. The highest BCUT2D eigenvalue weighted by molar-refractivity contribution is 5.97. The smallest absolute Gasteiger partial charge is 0.151 e. The molecule has 2 heterocycles. The average Bonchev–Trinajstić information content (AvgIpc) is 3.30. The minimum absolute atomic E-state index is 0.0365. The van der Waals surface area contributed by atoms with Gasteiger partial charge >= 0.3 is 0 Å². The van der Waals surface area contributed by atoms with Crippen molar-refractivity contribution < 1.29 is 18.3 Å². The first-order valence-electron chi connectivity index (χ1n) is 7.71. The van der Waals surface area contributed by atoms with Gasteiger partial charge in [-0.15, -0.1) is 0 Å². The Morgan fingerprint density at radius 2 is 2.15 bits per heavy atom. The summed E-state index contributed by atoms with van der Waals surface area (Å²) in [6, 6.07) is 9.75. The normalized spacial score (nSPS) is 12.6. The van der Waals surface area contributed by atoms with Crippen LogP contribution in [0.5, 0.6) is 0 Å². The van der Waals surface area contributed by atoms with Gasteiger partial charge < -0.3 is 15.3 Å². The van der Waals surface area contributed by atoms with E-state index in [2.05, 4.69) is 10.1 Å². The summed E-state index contributed by atoms with van der Waals surface area (Å²) in [7, 11) is 0. The van der Waals surface area contributed by atoms with Crippen LogP contribution in [0.4, 0.5) is 8.78 Å². The number of hydrogen-bond acceptors (Lipinski definition) is 4. The van der Waals surface area contributed by atoms with Gasteiger partial charge in [-0.1, -0.05) is 18.2 Å². The molecule has 0 amide bonds. The van der Waals surface area contributed by atoms with Crippen molar-refractivity contribution in [2.45, 2.75) is 6.54 Å². The summed E-state index contributed by atoms with van der Waals surface area (Å²) in [5.74, 6) is -1.21. The molecular weight excluding hydrogens is 342 g/mol. The zero-order valence-electron chi connectivity index (χ0n) is 13.6. The van der Waals surface area contributed by atoms with Crippen molar-refractivity contribution in [3.8, 4) is 11.3 Å². The molecule has 0 saturated heterocycles. The summed E-state index contributed by atoms with van der Waals surface area (Å²) in [5, 5.41) is 13.0. The van der Waals surface area contributed by atoms with Crippen LogP contribution in [0.15, 0.2) is 70.4 Å². The Bertz CT molecular complexity index is 946. The molecule has 0 aliphatic rings. The fraction of sp³-hybridized carbons (Fsp3) is 0.111. The fourth-order valence-corrected chi connectivity index (χ4v) is 2.34. The molecule has 8 heteroatoms. The highest BCUT2D eigenvalue weighted by Crippen LogP contribution is 2.23. The van der Waals surface area contributed by atoms with E-state index in [1.54, 1.807) is 35.0 Å². The van der Waals surface area contributed by atoms with Crippen molar-refractivity contribution in [1.29, 1.82) is 0 Å². The summed E-state index contributed by atoms with van der Waals surface area (Å²) in [6.07, 6.45) is 3.85. The number of aliphatic hydroxyl groups is 1. The molecular formula is C18H16F2N4O2. The number of benzene rings is 1. The summed E-state index contributed by atoms with van der Waals surface area (Å²) in [5.41, 5.74) is 7.95. The van der Waals surface area contributed by atoms with Gasteiger partial charge in [-0.25, -0.2) is 13.8 Å². The van der Waals surface area contributed by atoms with Crippen LogP contribution in [0.1, 0.15) is 11.3 Å². The molecule has 0 aliphatic heterocycles. The molecule has 0 unspecified atom stereocenters. The van der Waals surface area contributed by atoms with E-state index >= 15 is 0 Å². The molecule has 0 fully saturated rings. The Kier molecular flexibility index (Phi) is 5.23. The largest absolute Gasteiger partial charge is 0.472 e. The molecule has 3 rings (SSSR count). The molecule has 134 valence electrons. The molecule has 0 saturated carbocycles. The van der Waals surface area contributed by atoms with E-state index in [1.807, 2.05) is 0 Å². The Morgan fingerprint density at radius 1 is 1.35 bits per heavy atom. The number of hydrogen-bond donors (Lipinski definition) is 2. The van der Waals surface area contributed by atoms with Gasteiger partial charge in [0, 0.05) is 11.1 Å². The first kappa shape index (κ1) is 17.6. The number of nitrogens with zero attached hydrogens (tertiary/aromatic N) is 3. The molecule has 1 aromatic carbocycles. The molecule has 0 spiro atoms. The minimum atomic E-state index is -0.825. The standard InChI is InChI=1S/C18H16F2N4O2/c19-14(10-25)8-22-18(21)16-7-17(13-5-6-26-11-13)24(23-16)9-12-3-1-2-4-15(12)20/h1-8,11,25H,9-10H2,(H2,21,22)/b14-8+. The van der Waals surface area contributed by atoms with Crippen molar-refractivity contribution in [3.05, 3.63) is 78.0 Å². The molecule has 6 nitrogen and oxygen atoms in total. The van der Waals surface area contributed by atoms with Crippen LogP contribution in [0.2, 0.25) is 0 Å². The van der Waals surface area contributed by atoms with Crippen molar-refractivity contribution in [1.82, 2.24) is 9.78 Å². The third-order valence-electron chi connectivity index (χ3n) is 3.63. The summed E-state index contributed by atoms with van der Waals surface area (Å²) in [4.78, 5) is 3.75. The van der Waals surface area contributed by atoms with Crippen LogP contribution >= 0.6 is 0 Å². The summed E-state index contributed by atoms with van der Waals surface area (Å²) < 4.78 is 33.7. The van der Waals surface area contributed by atoms with Crippen LogP contribution in [0.25, 0.3) is 11.3 Å². The van der Waals surface area contributed by atoms with Crippen molar-refractivity contribution in [2.75, 3.05) is 6.61 Å². The second-order valence-electron chi connectivity index (χ2n) is 5.42. The fourth-order valence-electron chi connectivity index (χ4n) is 2.34. The SMILES string of the molecule is NC(=N/C=C(/F)CO)c1cc(-c2ccoc2)n(Cc2ccccc2F)n1. The topological polar surface area (TPSA) is 89.6 Å². The van der Waals surface area contributed by atoms with Gasteiger partial charge in [0.05, 0.1) is 37.6 Å². The van der Waals surface area contributed by atoms with Gasteiger partial charge in [-0.05, 0) is 18.2 Å². The number of aromatic nitrogens is 2. The van der Waals surface area contributed by atoms with E-state index in [1.165, 1.54) is 18.6 Å². The third kappa shape index (κ3) is 3.86. The number of nitrogens with two attached hydrogens (primary N) is 1. The van der Waals surface area contributed by atoms with Crippen LogP contribution in [0, 0.1) is 5.82 Å². The van der Waals surface area contributed by atoms with Crippen LogP contribution < -0.4 is 5.73 Å². The van der Waals surface area contributed by atoms with Gasteiger partial charge in [0.1, 0.15) is 17.3 Å². The minimum Gasteiger partial charge on any atom is -0.472 e. The highest BCUT2D eigenvalue weighted by Gasteiger charge is 2.15. The first-order chi connectivity index (χ1) is 12.6. The van der Waals surface area contributed by atoms with Crippen LogP contribution in [0.3, 0.4) is 0 Å². The quantitative estimate of drug-likeness (QED) is 0.524. The number of amidine groups is 1. The number of aliphatic hydroxyl groups excluding tert-OH is 1. The van der Waals surface area contributed by atoms with E-state index in [0.29, 0.717) is 17.0 Å².